The van der Waals surface area contributed by atoms with Gasteiger partial charge in [0.05, 0.1) is 0 Å². The van der Waals surface area contributed by atoms with E-state index in [1.807, 2.05) is 48.5 Å². The first-order chi connectivity index (χ1) is 11.7. The molecule has 3 unspecified atom stereocenters. The Morgan fingerprint density at radius 3 is 2.29 bits per heavy atom. The zero-order valence-corrected chi connectivity index (χ0v) is 14.2. The molecule has 2 aromatic rings. The van der Waals surface area contributed by atoms with Crippen LogP contribution in [0.4, 0.5) is 5.69 Å². The number of amides is 1. The fourth-order valence-electron chi connectivity index (χ4n) is 3.61. The van der Waals surface area contributed by atoms with Crippen LogP contribution in [0.2, 0.25) is 0 Å². The third kappa shape index (κ3) is 3.28. The van der Waals surface area contributed by atoms with E-state index in [4.69, 9.17) is 5.73 Å². The maximum atomic E-state index is 12.4. The molecular formula is C19H21N3OS. The summed E-state index contributed by atoms with van der Waals surface area (Å²) < 4.78 is 0. The van der Waals surface area contributed by atoms with Gasteiger partial charge in [-0.05, 0) is 73.8 Å². The Morgan fingerprint density at radius 1 is 1.04 bits per heavy atom. The van der Waals surface area contributed by atoms with E-state index in [0.717, 1.165) is 39.9 Å². The predicted octanol–water partition coefficient (Wildman–Crippen LogP) is 2.90. The summed E-state index contributed by atoms with van der Waals surface area (Å²) >= 11 is 1.66. The molecule has 4 rings (SSSR count). The van der Waals surface area contributed by atoms with Crippen LogP contribution in [0.15, 0.2) is 58.3 Å². The molecule has 4 nitrogen and oxygen atoms in total. The average Bonchev–Trinajstić information content (AvgIpc) is 3.20. The first kappa shape index (κ1) is 15.5. The normalized spacial score (nSPS) is 24.9. The molecule has 1 amide bonds. The summed E-state index contributed by atoms with van der Waals surface area (Å²) in [7, 11) is 0. The van der Waals surface area contributed by atoms with Gasteiger partial charge in [0.15, 0.2) is 0 Å². The maximum absolute atomic E-state index is 12.4. The number of nitrogens with two attached hydrogens (primary N) is 1. The lowest BCUT2D eigenvalue weighted by Crippen LogP contribution is -2.47. The van der Waals surface area contributed by atoms with Gasteiger partial charge in [0.1, 0.15) is 0 Å². The highest BCUT2D eigenvalue weighted by Crippen LogP contribution is 2.31. The van der Waals surface area contributed by atoms with Crippen LogP contribution in [-0.4, -0.2) is 24.5 Å². The molecule has 2 aliphatic rings. The molecule has 0 aromatic heterocycles. The van der Waals surface area contributed by atoms with Crippen LogP contribution < -0.4 is 16.4 Å². The summed E-state index contributed by atoms with van der Waals surface area (Å²) in [6.45, 7) is 1.11. The number of anilines is 1. The first-order valence-corrected chi connectivity index (χ1v) is 9.17. The van der Waals surface area contributed by atoms with Crippen molar-refractivity contribution >= 4 is 23.4 Å². The van der Waals surface area contributed by atoms with Gasteiger partial charge < -0.3 is 16.4 Å². The molecule has 1 heterocycles. The monoisotopic (exact) mass is 339 g/mol. The Kier molecular flexibility index (Phi) is 4.21. The number of nitrogen functional groups attached to an aromatic ring is 1. The first-order valence-electron chi connectivity index (χ1n) is 8.35. The highest BCUT2D eigenvalue weighted by molar-refractivity contribution is 7.99. The molecule has 2 fully saturated rings. The van der Waals surface area contributed by atoms with Crippen molar-refractivity contribution in [3.63, 3.8) is 0 Å². The maximum Gasteiger partial charge on any atom is 0.251 e. The quantitative estimate of drug-likeness (QED) is 0.749. The summed E-state index contributed by atoms with van der Waals surface area (Å²) in [5.74, 6) is 0.761. The van der Waals surface area contributed by atoms with Gasteiger partial charge >= 0.3 is 0 Å². The van der Waals surface area contributed by atoms with Crippen molar-refractivity contribution in [2.24, 2.45) is 5.92 Å². The lowest BCUT2D eigenvalue weighted by molar-refractivity contribution is 0.0928. The van der Waals surface area contributed by atoms with Gasteiger partial charge in [-0.15, -0.1) is 0 Å². The molecule has 1 saturated heterocycles. The third-order valence-electron chi connectivity index (χ3n) is 4.88. The molecule has 124 valence electrons. The van der Waals surface area contributed by atoms with E-state index in [2.05, 4.69) is 10.6 Å². The minimum atomic E-state index is 0.0263. The summed E-state index contributed by atoms with van der Waals surface area (Å²) in [4.78, 5) is 14.7. The molecule has 24 heavy (non-hydrogen) atoms. The second kappa shape index (κ2) is 6.49. The molecule has 1 aliphatic heterocycles. The van der Waals surface area contributed by atoms with Gasteiger partial charge in [-0.25, -0.2) is 0 Å². The van der Waals surface area contributed by atoms with E-state index in [0.29, 0.717) is 6.04 Å². The van der Waals surface area contributed by atoms with Gasteiger partial charge in [0.2, 0.25) is 0 Å². The van der Waals surface area contributed by atoms with Crippen molar-refractivity contribution in [1.29, 1.82) is 0 Å². The Morgan fingerprint density at radius 2 is 1.71 bits per heavy atom. The molecule has 2 aromatic carbocycles. The number of piperidine rings is 1. The smallest absolute Gasteiger partial charge is 0.251 e. The number of rotatable bonds is 4. The van der Waals surface area contributed by atoms with Gasteiger partial charge in [-0.2, -0.15) is 0 Å². The van der Waals surface area contributed by atoms with E-state index in [9.17, 15) is 4.79 Å². The SMILES string of the molecule is Nc1ccc(Sc2ccc(C(=O)NC3CC4CNC3C4)cc2)cc1. The van der Waals surface area contributed by atoms with E-state index >= 15 is 0 Å². The van der Waals surface area contributed by atoms with Crippen molar-refractivity contribution in [3.8, 4) is 0 Å². The van der Waals surface area contributed by atoms with Gasteiger partial charge in [-0.1, -0.05) is 11.8 Å². The number of fused-ring (bicyclic) bond motifs is 2. The van der Waals surface area contributed by atoms with Crippen LogP contribution in [-0.2, 0) is 0 Å². The van der Waals surface area contributed by atoms with Crippen LogP contribution in [0.25, 0.3) is 0 Å². The number of nitrogens with one attached hydrogen (secondary N) is 2. The van der Waals surface area contributed by atoms with E-state index in [-0.39, 0.29) is 11.9 Å². The Hall–Kier alpha value is -1.98. The molecule has 0 spiro atoms. The Balaban J connectivity index is 1.38. The van der Waals surface area contributed by atoms with Crippen LogP contribution in [0.3, 0.4) is 0 Å². The zero-order chi connectivity index (χ0) is 16.5. The Bertz CT molecular complexity index is 729. The molecule has 2 bridgehead atoms. The predicted molar refractivity (Wildman–Crippen MR) is 97.2 cm³/mol. The fourth-order valence-corrected chi connectivity index (χ4v) is 4.43. The van der Waals surface area contributed by atoms with Crippen molar-refractivity contribution in [2.75, 3.05) is 12.3 Å². The number of hydrogen-bond donors (Lipinski definition) is 3. The third-order valence-corrected chi connectivity index (χ3v) is 5.89. The number of carbonyl (C=O) groups is 1. The van der Waals surface area contributed by atoms with Gasteiger partial charge in [-0.3, -0.25) is 4.79 Å². The summed E-state index contributed by atoms with van der Waals surface area (Å²) in [6, 6.07) is 16.3. The van der Waals surface area contributed by atoms with Crippen molar-refractivity contribution in [2.45, 2.75) is 34.7 Å². The van der Waals surface area contributed by atoms with Crippen molar-refractivity contribution < 1.29 is 4.79 Å². The Labute approximate surface area is 146 Å². The molecule has 5 heteroatoms. The highest BCUT2D eigenvalue weighted by Gasteiger charge is 2.39. The van der Waals surface area contributed by atoms with Gasteiger partial charge in [0.25, 0.3) is 5.91 Å². The van der Waals surface area contributed by atoms with Crippen LogP contribution >= 0.6 is 11.8 Å². The molecule has 4 N–H and O–H groups in total. The van der Waals surface area contributed by atoms with Crippen molar-refractivity contribution in [1.82, 2.24) is 10.6 Å². The zero-order valence-electron chi connectivity index (χ0n) is 13.4. The second-order valence-electron chi connectivity index (χ2n) is 6.63. The largest absolute Gasteiger partial charge is 0.399 e. The standard InChI is InChI=1S/C19H21N3OS/c20-14-3-7-16(8-4-14)24-15-5-1-13(2-6-15)19(23)22-18-10-12-9-17(18)21-11-12/h1-8,12,17-18,21H,9-11,20H2,(H,22,23). The average molecular weight is 339 g/mol. The van der Waals surface area contributed by atoms with Gasteiger partial charge in [0, 0.05) is 33.1 Å². The molecule has 1 saturated carbocycles. The number of benzene rings is 2. The molecule has 1 aliphatic carbocycles. The van der Waals surface area contributed by atoms with Crippen LogP contribution in [0.5, 0.6) is 0 Å². The summed E-state index contributed by atoms with van der Waals surface area (Å²) in [5.41, 5.74) is 7.19. The molecule has 3 atom stereocenters. The van der Waals surface area contributed by atoms with E-state index in [1.54, 1.807) is 11.8 Å². The summed E-state index contributed by atoms with van der Waals surface area (Å²) in [6.07, 6.45) is 2.30. The van der Waals surface area contributed by atoms with E-state index in [1.165, 1.54) is 6.42 Å². The molecular weight excluding hydrogens is 318 g/mol. The summed E-state index contributed by atoms with van der Waals surface area (Å²) in [5, 5.41) is 6.66. The minimum absolute atomic E-state index is 0.0263. The van der Waals surface area contributed by atoms with E-state index < -0.39 is 0 Å². The second-order valence-corrected chi connectivity index (χ2v) is 7.77. The van der Waals surface area contributed by atoms with Crippen molar-refractivity contribution in [3.05, 3.63) is 54.1 Å². The topological polar surface area (TPSA) is 67.2 Å². The van der Waals surface area contributed by atoms with Crippen LogP contribution in [0.1, 0.15) is 23.2 Å². The number of carbonyl (C=O) groups excluding carboxylic acids is 1. The lowest BCUT2D eigenvalue weighted by Gasteiger charge is -2.24. The fraction of sp³-hybridized carbons (Fsp3) is 0.316. The van der Waals surface area contributed by atoms with Crippen LogP contribution in [0, 0.1) is 5.92 Å². The highest BCUT2D eigenvalue weighted by atomic mass is 32.2. The lowest BCUT2D eigenvalue weighted by atomic mass is 10.1. The molecule has 0 radical (unpaired) electrons. The number of hydrogen-bond acceptors (Lipinski definition) is 4. The minimum Gasteiger partial charge on any atom is -0.399 e.